The van der Waals surface area contributed by atoms with Crippen molar-refractivity contribution in [3.63, 3.8) is 0 Å². The summed E-state index contributed by atoms with van der Waals surface area (Å²) in [6, 6.07) is 7.66. The van der Waals surface area contributed by atoms with E-state index in [-0.39, 0.29) is 23.9 Å². The first-order chi connectivity index (χ1) is 11.6. The van der Waals surface area contributed by atoms with Crippen molar-refractivity contribution in [2.45, 2.75) is 44.3 Å². The Hall–Kier alpha value is -2.57. The van der Waals surface area contributed by atoms with E-state index in [1.54, 1.807) is 17.0 Å². The third-order valence-corrected chi connectivity index (χ3v) is 4.45. The van der Waals surface area contributed by atoms with Gasteiger partial charge in [0, 0.05) is 12.2 Å². The van der Waals surface area contributed by atoms with Crippen LogP contribution in [0.3, 0.4) is 0 Å². The highest BCUT2D eigenvalue weighted by Crippen LogP contribution is 2.24. The Morgan fingerprint density at radius 2 is 2.04 bits per heavy atom. The highest BCUT2D eigenvalue weighted by molar-refractivity contribution is 5.98. The minimum atomic E-state index is -0.479. The summed E-state index contributed by atoms with van der Waals surface area (Å²) in [6.07, 6.45) is 1.91. The zero-order chi connectivity index (χ0) is 17.1. The Morgan fingerprint density at radius 1 is 1.29 bits per heavy atom. The van der Waals surface area contributed by atoms with Gasteiger partial charge in [-0.2, -0.15) is 0 Å². The number of rotatable bonds is 4. The van der Waals surface area contributed by atoms with Crippen LogP contribution in [0.25, 0.3) is 0 Å². The molecule has 0 aromatic heterocycles. The van der Waals surface area contributed by atoms with Gasteiger partial charge in [-0.05, 0) is 25.0 Å². The number of hydrogen-bond donors (Lipinski definition) is 3. The number of hydrogen-bond acceptors (Lipinski definition) is 3. The van der Waals surface area contributed by atoms with Crippen LogP contribution >= 0.6 is 0 Å². The summed E-state index contributed by atoms with van der Waals surface area (Å²) in [7, 11) is 0. The van der Waals surface area contributed by atoms with Crippen LogP contribution in [0.1, 0.15) is 26.2 Å². The van der Waals surface area contributed by atoms with Crippen molar-refractivity contribution in [2.24, 2.45) is 0 Å². The van der Waals surface area contributed by atoms with Crippen molar-refractivity contribution >= 4 is 23.5 Å². The number of amides is 4. The SMILES string of the molecule is CCC[C@@H]1NC(=O)[C@@H]2C[C@H](NC(=O)Nc3ccccc3)CN2C1=O. The maximum absolute atomic E-state index is 12.4. The lowest BCUT2D eigenvalue weighted by molar-refractivity contribution is -0.147. The number of nitrogens with zero attached hydrogens (tertiary/aromatic N) is 1. The molecule has 7 nitrogen and oxygen atoms in total. The number of urea groups is 1. The average molecular weight is 330 g/mol. The number of carbonyl (C=O) groups excluding carboxylic acids is 3. The van der Waals surface area contributed by atoms with E-state index in [1.165, 1.54) is 0 Å². The molecule has 0 saturated carbocycles. The van der Waals surface area contributed by atoms with Crippen molar-refractivity contribution in [3.8, 4) is 0 Å². The summed E-state index contributed by atoms with van der Waals surface area (Å²) in [6.45, 7) is 2.35. The number of nitrogens with one attached hydrogen (secondary N) is 3. The zero-order valence-electron chi connectivity index (χ0n) is 13.6. The fourth-order valence-electron chi connectivity index (χ4n) is 3.32. The molecule has 3 rings (SSSR count). The molecule has 7 heteroatoms. The van der Waals surface area contributed by atoms with Crippen molar-refractivity contribution in [1.82, 2.24) is 15.5 Å². The van der Waals surface area contributed by atoms with Gasteiger partial charge >= 0.3 is 6.03 Å². The fraction of sp³-hybridized carbons (Fsp3) is 0.471. The minimum Gasteiger partial charge on any atom is -0.343 e. The number of para-hydroxylation sites is 1. The van der Waals surface area contributed by atoms with Gasteiger partial charge < -0.3 is 20.9 Å². The fourth-order valence-corrected chi connectivity index (χ4v) is 3.32. The van der Waals surface area contributed by atoms with Gasteiger partial charge in [0.05, 0.1) is 6.04 Å². The van der Waals surface area contributed by atoms with E-state index in [2.05, 4.69) is 16.0 Å². The molecule has 0 spiro atoms. The highest BCUT2D eigenvalue weighted by atomic mass is 16.2. The molecule has 2 aliphatic rings. The van der Waals surface area contributed by atoms with Gasteiger partial charge in [-0.15, -0.1) is 0 Å². The third-order valence-electron chi connectivity index (χ3n) is 4.45. The standard InChI is InChI=1S/C17H22N4O3/c1-2-6-13-16(23)21-10-12(9-14(21)15(22)20-13)19-17(24)18-11-7-4-3-5-8-11/h3-5,7-8,12-14H,2,6,9-10H2,1H3,(H,20,22)(H2,18,19,24)/t12-,13-,14-/m0/s1. The number of carbonyl (C=O) groups is 3. The molecule has 4 amide bonds. The Bertz CT molecular complexity index is 634. The van der Waals surface area contributed by atoms with E-state index in [0.717, 1.165) is 6.42 Å². The lowest BCUT2D eigenvalue weighted by atomic mass is 10.0. The summed E-state index contributed by atoms with van der Waals surface area (Å²) in [4.78, 5) is 38.3. The van der Waals surface area contributed by atoms with Crippen LogP contribution in [0.5, 0.6) is 0 Å². The molecule has 1 aromatic carbocycles. The van der Waals surface area contributed by atoms with E-state index in [0.29, 0.717) is 25.1 Å². The molecule has 2 fully saturated rings. The minimum absolute atomic E-state index is 0.0470. The van der Waals surface area contributed by atoms with E-state index >= 15 is 0 Å². The Balaban J connectivity index is 1.59. The molecule has 3 atom stereocenters. The molecule has 0 bridgehead atoms. The summed E-state index contributed by atoms with van der Waals surface area (Å²) in [5.41, 5.74) is 0.697. The molecule has 3 N–H and O–H groups in total. The van der Waals surface area contributed by atoms with Crippen molar-refractivity contribution < 1.29 is 14.4 Å². The van der Waals surface area contributed by atoms with Gasteiger partial charge in [-0.25, -0.2) is 4.79 Å². The van der Waals surface area contributed by atoms with E-state index in [1.807, 2.05) is 25.1 Å². The van der Waals surface area contributed by atoms with Crippen LogP contribution in [0.2, 0.25) is 0 Å². The summed E-state index contributed by atoms with van der Waals surface area (Å²) < 4.78 is 0. The molecule has 2 heterocycles. The van der Waals surface area contributed by atoms with Gasteiger partial charge in [0.15, 0.2) is 0 Å². The number of fused-ring (bicyclic) bond motifs is 1. The molecular formula is C17H22N4O3. The van der Waals surface area contributed by atoms with Gasteiger partial charge in [0.2, 0.25) is 11.8 Å². The lowest BCUT2D eigenvalue weighted by Crippen LogP contribution is -2.61. The van der Waals surface area contributed by atoms with Crippen molar-refractivity contribution in [1.29, 1.82) is 0 Å². The second kappa shape index (κ2) is 6.90. The topological polar surface area (TPSA) is 90.5 Å². The lowest BCUT2D eigenvalue weighted by Gasteiger charge is -2.34. The first kappa shape index (κ1) is 16.3. The monoisotopic (exact) mass is 330 g/mol. The van der Waals surface area contributed by atoms with Crippen LogP contribution in [0, 0.1) is 0 Å². The van der Waals surface area contributed by atoms with Gasteiger partial charge in [0.25, 0.3) is 0 Å². The van der Waals surface area contributed by atoms with Gasteiger partial charge in [-0.1, -0.05) is 31.5 Å². The van der Waals surface area contributed by atoms with Gasteiger partial charge in [0.1, 0.15) is 12.1 Å². The van der Waals surface area contributed by atoms with Crippen LogP contribution in [-0.2, 0) is 9.59 Å². The summed E-state index contributed by atoms with van der Waals surface area (Å²) >= 11 is 0. The first-order valence-corrected chi connectivity index (χ1v) is 8.32. The zero-order valence-corrected chi connectivity index (χ0v) is 13.6. The molecule has 1 aromatic rings. The van der Waals surface area contributed by atoms with Crippen LogP contribution < -0.4 is 16.0 Å². The smallest absolute Gasteiger partial charge is 0.319 e. The van der Waals surface area contributed by atoms with Crippen LogP contribution in [0.4, 0.5) is 10.5 Å². The highest BCUT2D eigenvalue weighted by Gasteiger charge is 2.46. The second-order valence-corrected chi connectivity index (χ2v) is 6.25. The first-order valence-electron chi connectivity index (χ1n) is 8.32. The van der Waals surface area contributed by atoms with Crippen LogP contribution in [0.15, 0.2) is 30.3 Å². The number of benzene rings is 1. The van der Waals surface area contributed by atoms with Crippen LogP contribution in [-0.4, -0.2) is 47.4 Å². The molecule has 2 aliphatic heterocycles. The Kier molecular flexibility index (Phi) is 4.69. The molecule has 24 heavy (non-hydrogen) atoms. The van der Waals surface area contributed by atoms with Gasteiger partial charge in [-0.3, -0.25) is 9.59 Å². The molecule has 0 radical (unpaired) electrons. The summed E-state index contributed by atoms with van der Waals surface area (Å²) in [5, 5.41) is 8.39. The Morgan fingerprint density at radius 3 is 2.75 bits per heavy atom. The summed E-state index contributed by atoms with van der Waals surface area (Å²) in [5.74, 6) is -0.171. The normalized spacial score (nSPS) is 25.9. The maximum Gasteiger partial charge on any atom is 0.319 e. The molecule has 128 valence electrons. The van der Waals surface area contributed by atoms with E-state index < -0.39 is 12.1 Å². The largest absolute Gasteiger partial charge is 0.343 e. The molecule has 0 aliphatic carbocycles. The quantitative estimate of drug-likeness (QED) is 0.771. The Labute approximate surface area is 140 Å². The van der Waals surface area contributed by atoms with E-state index in [4.69, 9.17) is 0 Å². The average Bonchev–Trinajstić information content (AvgIpc) is 2.98. The predicted octanol–water partition coefficient (Wildman–Crippen LogP) is 1.08. The maximum atomic E-state index is 12.4. The number of anilines is 1. The van der Waals surface area contributed by atoms with Crippen molar-refractivity contribution in [3.05, 3.63) is 30.3 Å². The third kappa shape index (κ3) is 3.34. The molecule has 0 unspecified atom stereocenters. The molecule has 2 saturated heterocycles. The second-order valence-electron chi connectivity index (χ2n) is 6.25. The van der Waals surface area contributed by atoms with Crippen molar-refractivity contribution in [2.75, 3.05) is 11.9 Å². The number of piperazine rings is 1. The van der Waals surface area contributed by atoms with E-state index in [9.17, 15) is 14.4 Å². The predicted molar refractivity (Wildman–Crippen MR) is 89.3 cm³/mol. The molecular weight excluding hydrogens is 308 g/mol.